The van der Waals surface area contributed by atoms with Gasteiger partial charge >= 0.3 is 0 Å². The molecule has 1 amide bonds. The molecule has 0 radical (unpaired) electrons. The van der Waals surface area contributed by atoms with Gasteiger partial charge in [0.2, 0.25) is 5.91 Å². The first-order valence-corrected chi connectivity index (χ1v) is 11.4. The van der Waals surface area contributed by atoms with E-state index in [2.05, 4.69) is 15.4 Å². The number of amides is 1. The fraction of sp³-hybridized carbons (Fsp3) is 0.250. The van der Waals surface area contributed by atoms with Crippen molar-refractivity contribution >= 4 is 17.7 Å². The van der Waals surface area contributed by atoms with Crippen LogP contribution in [0.5, 0.6) is 0 Å². The van der Waals surface area contributed by atoms with Gasteiger partial charge in [0.25, 0.3) is 0 Å². The van der Waals surface area contributed by atoms with Crippen LogP contribution in [0.2, 0.25) is 0 Å². The number of nitrogens with zero attached hydrogens (tertiary/aromatic N) is 5. The van der Waals surface area contributed by atoms with Crippen LogP contribution in [-0.2, 0) is 11.2 Å². The Bertz CT molecular complexity index is 1150. The summed E-state index contributed by atoms with van der Waals surface area (Å²) < 4.78 is 7.34. The molecular formula is C24H25N5O2S. The smallest absolute Gasteiger partial charge is 0.232 e. The van der Waals surface area contributed by atoms with Crippen LogP contribution in [0.3, 0.4) is 0 Å². The fourth-order valence-electron chi connectivity index (χ4n) is 3.23. The van der Waals surface area contributed by atoms with Crippen molar-refractivity contribution in [3.8, 4) is 16.9 Å². The molecule has 8 heteroatoms. The Hall–Kier alpha value is -3.39. The van der Waals surface area contributed by atoms with Gasteiger partial charge in [0.1, 0.15) is 17.8 Å². The molecule has 4 rings (SSSR count). The minimum Gasteiger partial charge on any atom is -0.361 e. The monoisotopic (exact) mass is 447 g/mol. The minimum atomic E-state index is 0.0519. The lowest BCUT2D eigenvalue weighted by Gasteiger charge is -2.16. The van der Waals surface area contributed by atoms with Crippen LogP contribution in [0.1, 0.15) is 17.7 Å². The van der Waals surface area contributed by atoms with Crippen LogP contribution in [0, 0.1) is 6.92 Å². The van der Waals surface area contributed by atoms with Crippen LogP contribution in [0.15, 0.2) is 76.7 Å². The van der Waals surface area contributed by atoms with Gasteiger partial charge in [-0.25, -0.2) is 0 Å². The molecule has 4 aromatic rings. The quantitative estimate of drug-likeness (QED) is 0.354. The molecule has 164 valence electrons. The van der Waals surface area contributed by atoms with E-state index in [1.807, 2.05) is 79.2 Å². The van der Waals surface area contributed by atoms with Gasteiger partial charge in [-0.2, -0.15) is 0 Å². The number of hydrogen-bond acceptors (Lipinski definition) is 6. The summed E-state index contributed by atoms with van der Waals surface area (Å²) in [6.07, 6.45) is 3.20. The zero-order chi connectivity index (χ0) is 22.3. The van der Waals surface area contributed by atoms with Gasteiger partial charge in [0.15, 0.2) is 5.16 Å². The molecule has 2 aromatic heterocycles. The minimum absolute atomic E-state index is 0.0519. The molecule has 0 N–H and O–H groups in total. The maximum Gasteiger partial charge on any atom is 0.232 e. The van der Waals surface area contributed by atoms with Crippen molar-refractivity contribution in [1.29, 1.82) is 0 Å². The fourth-order valence-corrected chi connectivity index (χ4v) is 4.10. The van der Waals surface area contributed by atoms with Gasteiger partial charge < -0.3 is 9.42 Å². The zero-order valence-corrected chi connectivity index (χ0v) is 19.0. The predicted octanol–water partition coefficient (Wildman–Crippen LogP) is 4.41. The van der Waals surface area contributed by atoms with E-state index in [4.69, 9.17) is 4.52 Å². The molecule has 0 spiro atoms. The number of carbonyl (C=O) groups is 1. The van der Waals surface area contributed by atoms with Gasteiger partial charge in [0, 0.05) is 37.3 Å². The SMILES string of the molecule is Cc1ccc(-n2cnnc2SCC(=O)N(C)CCCc2cc(-c3ccccc3)no2)cc1. The van der Waals surface area contributed by atoms with Crippen molar-refractivity contribution in [2.75, 3.05) is 19.3 Å². The average Bonchev–Trinajstić information content (AvgIpc) is 3.48. The summed E-state index contributed by atoms with van der Waals surface area (Å²) in [7, 11) is 1.82. The summed E-state index contributed by atoms with van der Waals surface area (Å²) in [5.41, 5.74) is 4.03. The number of rotatable bonds is 9. The number of aryl methyl sites for hydroxylation is 2. The Labute approximate surface area is 191 Å². The summed E-state index contributed by atoms with van der Waals surface area (Å²) in [6.45, 7) is 2.69. The molecule has 0 bridgehead atoms. The molecule has 0 saturated heterocycles. The lowest BCUT2D eigenvalue weighted by atomic mass is 10.1. The van der Waals surface area contributed by atoms with E-state index < -0.39 is 0 Å². The van der Waals surface area contributed by atoms with Crippen LogP contribution < -0.4 is 0 Å². The molecular weight excluding hydrogens is 422 g/mol. The first-order valence-electron chi connectivity index (χ1n) is 10.4. The lowest BCUT2D eigenvalue weighted by molar-refractivity contribution is -0.127. The van der Waals surface area contributed by atoms with Gasteiger partial charge in [0.05, 0.1) is 5.75 Å². The van der Waals surface area contributed by atoms with E-state index in [0.717, 1.165) is 35.5 Å². The Morgan fingerprint density at radius 3 is 2.69 bits per heavy atom. The number of thioether (sulfide) groups is 1. The van der Waals surface area contributed by atoms with Gasteiger partial charge in [-0.3, -0.25) is 9.36 Å². The van der Waals surface area contributed by atoms with Crippen molar-refractivity contribution in [2.45, 2.75) is 24.9 Å². The number of carbonyl (C=O) groups excluding carboxylic acids is 1. The third kappa shape index (κ3) is 5.45. The van der Waals surface area contributed by atoms with E-state index in [1.165, 1.54) is 17.3 Å². The van der Waals surface area contributed by atoms with E-state index in [0.29, 0.717) is 17.5 Å². The highest BCUT2D eigenvalue weighted by atomic mass is 32.2. The molecule has 0 aliphatic carbocycles. The molecule has 0 aliphatic rings. The van der Waals surface area contributed by atoms with Crippen LogP contribution in [0.4, 0.5) is 0 Å². The Kier molecular flexibility index (Phi) is 7.01. The van der Waals surface area contributed by atoms with Crippen molar-refractivity contribution in [2.24, 2.45) is 0 Å². The largest absolute Gasteiger partial charge is 0.361 e. The topological polar surface area (TPSA) is 77.1 Å². The molecule has 0 fully saturated rings. The second-order valence-corrected chi connectivity index (χ2v) is 8.51. The van der Waals surface area contributed by atoms with Crippen molar-refractivity contribution < 1.29 is 9.32 Å². The molecule has 2 aromatic carbocycles. The third-order valence-electron chi connectivity index (χ3n) is 5.12. The zero-order valence-electron chi connectivity index (χ0n) is 18.1. The molecule has 0 atom stereocenters. The standard InChI is InChI=1S/C24H25N5O2S/c1-18-10-12-20(13-11-18)29-17-25-26-24(29)32-16-23(30)28(2)14-6-9-21-15-22(27-31-21)19-7-4-3-5-8-19/h3-5,7-8,10-13,15,17H,6,9,14,16H2,1-2H3. The highest BCUT2D eigenvalue weighted by Crippen LogP contribution is 2.21. The van der Waals surface area contributed by atoms with E-state index in [-0.39, 0.29) is 5.91 Å². The van der Waals surface area contributed by atoms with Gasteiger partial charge in [-0.1, -0.05) is 64.9 Å². The summed E-state index contributed by atoms with van der Waals surface area (Å²) >= 11 is 1.39. The summed E-state index contributed by atoms with van der Waals surface area (Å²) in [5.74, 6) is 1.18. The Morgan fingerprint density at radius 2 is 1.91 bits per heavy atom. The number of hydrogen-bond donors (Lipinski definition) is 0. The predicted molar refractivity (Wildman–Crippen MR) is 125 cm³/mol. The summed E-state index contributed by atoms with van der Waals surface area (Å²) in [5, 5.41) is 13.0. The second kappa shape index (κ2) is 10.3. The second-order valence-electron chi connectivity index (χ2n) is 7.57. The van der Waals surface area contributed by atoms with Crippen molar-refractivity contribution in [1.82, 2.24) is 24.8 Å². The van der Waals surface area contributed by atoms with E-state index in [9.17, 15) is 4.79 Å². The van der Waals surface area contributed by atoms with Crippen LogP contribution in [0.25, 0.3) is 16.9 Å². The van der Waals surface area contributed by atoms with E-state index in [1.54, 1.807) is 11.2 Å². The highest BCUT2D eigenvalue weighted by molar-refractivity contribution is 7.99. The number of benzene rings is 2. The molecule has 2 heterocycles. The normalized spacial score (nSPS) is 10.9. The first-order chi connectivity index (χ1) is 15.6. The summed E-state index contributed by atoms with van der Waals surface area (Å²) in [4.78, 5) is 14.3. The summed E-state index contributed by atoms with van der Waals surface area (Å²) in [6, 6.07) is 20.0. The van der Waals surface area contributed by atoms with Crippen LogP contribution >= 0.6 is 11.8 Å². The molecule has 7 nitrogen and oxygen atoms in total. The van der Waals surface area contributed by atoms with E-state index >= 15 is 0 Å². The molecule has 0 unspecified atom stereocenters. The lowest BCUT2D eigenvalue weighted by Crippen LogP contribution is -2.29. The Morgan fingerprint density at radius 1 is 1.12 bits per heavy atom. The molecule has 32 heavy (non-hydrogen) atoms. The van der Waals surface area contributed by atoms with Gasteiger partial charge in [-0.05, 0) is 25.5 Å². The first kappa shape index (κ1) is 21.8. The molecule has 0 saturated carbocycles. The van der Waals surface area contributed by atoms with Gasteiger partial charge in [-0.15, -0.1) is 10.2 Å². The maximum atomic E-state index is 12.6. The average molecular weight is 448 g/mol. The third-order valence-corrected chi connectivity index (χ3v) is 6.05. The van der Waals surface area contributed by atoms with Crippen LogP contribution in [-0.4, -0.2) is 50.1 Å². The highest BCUT2D eigenvalue weighted by Gasteiger charge is 2.14. The Balaban J connectivity index is 1.24. The maximum absolute atomic E-state index is 12.6. The van der Waals surface area contributed by atoms with Crippen molar-refractivity contribution in [3.05, 3.63) is 78.3 Å². The van der Waals surface area contributed by atoms with Crippen molar-refractivity contribution in [3.63, 3.8) is 0 Å². The number of aromatic nitrogens is 4. The molecule has 0 aliphatic heterocycles.